The molecule has 0 aliphatic carbocycles. The molecule has 2 aromatic heterocycles. The van der Waals surface area contributed by atoms with Gasteiger partial charge in [-0.3, -0.25) is 10.1 Å². The predicted octanol–water partition coefficient (Wildman–Crippen LogP) is 1.37. The highest BCUT2D eigenvalue weighted by molar-refractivity contribution is 5.82. The molecule has 0 saturated carbocycles. The van der Waals surface area contributed by atoms with Gasteiger partial charge in [0.05, 0.1) is 12.1 Å². The quantitative estimate of drug-likeness (QED) is 0.838. The predicted molar refractivity (Wildman–Crippen MR) is 67.0 cm³/mol. The minimum absolute atomic E-state index is 0.0156. The number of nitrogens with zero attached hydrogens (tertiary/aromatic N) is 1. The number of amides is 1. The van der Waals surface area contributed by atoms with Crippen LogP contribution in [0.3, 0.4) is 0 Å². The maximum Gasteiger partial charge on any atom is 0.237 e. The summed E-state index contributed by atoms with van der Waals surface area (Å²) in [5, 5.41) is 7.18. The molecule has 2 atom stereocenters. The van der Waals surface area contributed by atoms with E-state index in [0.29, 0.717) is 12.3 Å². The molecule has 2 aromatic rings. The van der Waals surface area contributed by atoms with Crippen LogP contribution in [0.4, 0.5) is 0 Å². The number of carbonyl (C=O) groups is 1. The molecule has 1 aliphatic rings. The van der Waals surface area contributed by atoms with Gasteiger partial charge in [0, 0.05) is 18.1 Å². The first-order chi connectivity index (χ1) is 8.78. The summed E-state index contributed by atoms with van der Waals surface area (Å²) in [6.45, 7) is 2.54. The van der Waals surface area contributed by atoms with Gasteiger partial charge in [-0.2, -0.15) is 0 Å². The van der Waals surface area contributed by atoms with Gasteiger partial charge < -0.3 is 9.73 Å². The number of rotatable bonds is 2. The summed E-state index contributed by atoms with van der Waals surface area (Å²) in [5.74, 6) is 0.880. The number of hydrogen-bond donors (Lipinski definition) is 2. The molecule has 0 bridgehead atoms. The largest absolute Gasteiger partial charge is 0.441 e. The molecule has 0 spiro atoms. The maximum atomic E-state index is 11.6. The minimum atomic E-state index is -0.148. The molecule has 2 N–H and O–H groups in total. The van der Waals surface area contributed by atoms with Crippen molar-refractivity contribution in [1.82, 2.24) is 15.6 Å². The van der Waals surface area contributed by atoms with Crippen LogP contribution in [0, 0.1) is 0 Å². The molecule has 18 heavy (non-hydrogen) atoms. The maximum absolute atomic E-state index is 11.6. The second kappa shape index (κ2) is 4.42. The van der Waals surface area contributed by atoms with Gasteiger partial charge in [-0.05, 0) is 24.6 Å². The summed E-state index contributed by atoms with van der Waals surface area (Å²) in [7, 11) is 0. The number of aromatic nitrogens is 1. The van der Waals surface area contributed by atoms with Gasteiger partial charge in [-0.1, -0.05) is 6.92 Å². The summed E-state index contributed by atoms with van der Waals surface area (Å²) >= 11 is 0. The molecule has 0 aromatic carbocycles. The molecule has 5 nitrogen and oxygen atoms in total. The lowest BCUT2D eigenvalue weighted by Crippen LogP contribution is -2.53. The van der Waals surface area contributed by atoms with Crippen LogP contribution in [0.2, 0.25) is 0 Å². The fourth-order valence-electron chi connectivity index (χ4n) is 2.25. The third kappa shape index (κ3) is 1.86. The normalized spacial score (nSPS) is 24.2. The Kier molecular flexibility index (Phi) is 2.76. The number of fused-ring (bicyclic) bond motifs is 1. The van der Waals surface area contributed by atoms with Crippen LogP contribution in [0.15, 0.2) is 28.8 Å². The molecule has 1 saturated heterocycles. The first-order valence-electron chi connectivity index (χ1n) is 6.16. The van der Waals surface area contributed by atoms with Crippen molar-refractivity contribution in [3.8, 4) is 0 Å². The van der Waals surface area contributed by atoms with Gasteiger partial charge in [-0.15, -0.1) is 0 Å². The number of nitrogens with one attached hydrogen (secondary N) is 2. The highest BCUT2D eigenvalue weighted by Gasteiger charge is 2.29. The van der Waals surface area contributed by atoms with Gasteiger partial charge >= 0.3 is 0 Å². The van der Waals surface area contributed by atoms with Gasteiger partial charge in [0.1, 0.15) is 5.76 Å². The monoisotopic (exact) mass is 245 g/mol. The molecule has 1 fully saturated rings. The van der Waals surface area contributed by atoms with E-state index in [1.165, 1.54) is 0 Å². The summed E-state index contributed by atoms with van der Waals surface area (Å²) in [6, 6.07) is 5.69. The number of carbonyl (C=O) groups excluding carboxylic acids is 1. The van der Waals surface area contributed by atoms with E-state index < -0.39 is 0 Å². The molecular weight excluding hydrogens is 230 g/mol. The molecule has 5 heteroatoms. The van der Waals surface area contributed by atoms with Gasteiger partial charge in [0.25, 0.3) is 0 Å². The molecule has 0 radical (unpaired) electrons. The lowest BCUT2D eigenvalue weighted by molar-refractivity contribution is -0.125. The Labute approximate surface area is 105 Å². The number of piperazine rings is 1. The summed E-state index contributed by atoms with van der Waals surface area (Å²) in [4.78, 5) is 15.7. The zero-order valence-corrected chi connectivity index (χ0v) is 10.1. The Morgan fingerprint density at radius 2 is 2.44 bits per heavy atom. The van der Waals surface area contributed by atoms with Crippen LogP contribution in [0.25, 0.3) is 11.1 Å². The van der Waals surface area contributed by atoms with Crippen molar-refractivity contribution >= 4 is 17.0 Å². The van der Waals surface area contributed by atoms with E-state index in [4.69, 9.17) is 4.42 Å². The molecule has 3 heterocycles. The Morgan fingerprint density at radius 1 is 1.56 bits per heavy atom. The summed E-state index contributed by atoms with van der Waals surface area (Å²) < 4.78 is 5.71. The van der Waals surface area contributed by atoms with Crippen LogP contribution in [0.5, 0.6) is 0 Å². The van der Waals surface area contributed by atoms with Crippen molar-refractivity contribution in [2.24, 2.45) is 0 Å². The van der Waals surface area contributed by atoms with Crippen molar-refractivity contribution in [3.05, 3.63) is 30.2 Å². The first-order valence-corrected chi connectivity index (χ1v) is 6.16. The molecule has 1 amide bonds. The van der Waals surface area contributed by atoms with Crippen molar-refractivity contribution in [3.63, 3.8) is 0 Å². The highest BCUT2D eigenvalue weighted by Crippen LogP contribution is 2.23. The Balaban J connectivity index is 1.88. The highest BCUT2D eigenvalue weighted by atomic mass is 16.3. The van der Waals surface area contributed by atoms with Crippen LogP contribution in [-0.2, 0) is 4.79 Å². The van der Waals surface area contributed by atoms with E-state index >= 15 is 0 Å². The van der Waals surface area contributed by atoms with Crippen LogP contribution in [-0.4, -0.2) is 23.5 Å². The average Bonchev–Trinajstić information content (AvgIpc) is 2.83. The third-order valence-corrected chi connectivity index (χ3v) is 3.26. The van der Waals surface area contributed by atoms with E-state index in [-0.39, 0.29) is 18.0 Å². The van der Waals surface area contributed by atoms with E-state index in [2.05, 4.69) is 15.6 Å². The van der Waals surface area contributed by atoms with E-state index in [1.807, 2.05) is 25.1 Å². The molecule has 1 aliphatic heterocycles. The molecular formula is C13H15N3O2. The van der Waals surface area contributed by atoms with Gasteiger partial charge in [0.15, 0.2) is 0 Å². The topological polar surface area (TPSA) is 67.2 Å². The number of hydrogen-bond acceptors (Lipinski definition) is 4. The van der Waals surface area contributed by atoms with Gasteiger partial charge in [-0.25, -0.2) is 4.98 Å². The minimum Gasteiger partial charge on any atom is -0.441 e. The molecule has 2 unspecified atom stereocenters. The zero-order valence-electron chi connectivity index (χ0n) is 10.1. The van der Waals surface area contributed by atoms with Crippen molar-refractivity contribution < 1.29 is 9.21 Å². The molecule has 94 valence electrons. The summed E-state index contributed by atoms with van der Waals surface area (Å²) in [5.41, 5.74) is 0.638. The number of pyridine rings is 1. The Hall–Kier alpha value is -1.88. The smallest absolute Gasteiger partial charge is 0.237 e. The van der Waals surface area contributed by atoms with Crippen molar-refractivity contribution in [2.45, 2.75) is 25.4 Å². The van der Waals surface area contributed by atoms with Gasteiger partial charge in [0.2, 0.25) is 11.6 Å². The van der Waals surface area contributed by atoms with Crippen molar-refractivity contribution in [2.75, 3.05) is 6.54 Å². The molecule has 3 rings (SSSR count). The first kappa shape index (κ1) is 11.2. The second-order valence-corrected chi connectivity index (χ2v) is 4.47. The average molecular weight is 245 g/mol. The lowest BCUT2D eigenvalue weighted by Gasteiger charge is -2.28. The fourth-order valence-corrected chi connectivity index (χ4v) is 2.25. The fraction of sp³-hybridized carbons (Fsp3) is 0.385. The van der Waals surface area contributed by atoms with E-state index in [0.717, 1.165) is 17.6 Å². The SMILES string of the molecule is CCC1NC(c2cc3cccnc3o2)CNC1=O. The van der Waals surface area contributed by atoms with Crippen LogP contribution < -0.4 is 10.6 Å². The lowest BCUT2D eigenvalue weighted by atomic mass is 10.1. The second-order valence-electron chi connectivity index (χ2n) is 4.47. The third-order valence-electron chi connectivity index (χ3n) is 3.26. The Bertz CT molecular complexity index is 545. The van der Waals surface area contributed by atoms with E-state index in [9.17, 15) is 4.79 Å². The van der Waals surface area contributed by atoms with Crippen LogP contribution in [0.1, 0.15) is 25.1 Å². The van der Waals surface area contributed by atoms with Crippen LogP contribution >= 0.6 is 0 Å². The standard InChI is InChI=1S/C13H15N3O2/c1-2-9-12(17)15-7-10(16-9)11-6-8-4-3-5-14-13(8)18-11/h3-6,9-10,16H,2,7H2,1H3,(H,15,17). The van der Waals surface area contributed by atoms with E-state index in [1.54, 1.807) is 6.20 Å². The number of furan rings is 1. The summed E-state index contributed by atoms with van der Waals surface area (Å²) in [6.07, 6.45) is 2.47. The Morgan fingerprint density at radius 3 is 3.22 bits per heavy atom. The van der Waals surface area contributed by atoms with Crippen molar-refractivity contribution in [1.29, 1.82) is 0 Å². The zero-order chi connectivity index (χ0) is 12.5.